The van der Waals surface area contributed by atoms with Gasteiger partial charge in [-0.05, 0) is 37.3 Å². The van der Waals surface area contributed by atoms with Crippen molar-refractivity contribution in [2.75, 3.05) is 24.8 Å². The van der Waals surface area contributed by atoms with Gasteiger partial charge in [0.15, 0.2) is 5.78 Å². The Bertz CT molecular complexity index is 608. The zero-order valence-electron chi connectivity index (χ0n) is 12.0. The normalized spacial score (nSPS) is 10.6. The standard InChI is InChI=1S/C16H19N3O/c1-12(20)15-11-14(9-10-16(15)17)19(18(2)3)13-7-5-4-6-8-13/h4-11H,17H2,1-3H3. The Morgan fingerprint density at radius 1 is 1.00 bits per heavy atom. The Morgan fingerprint density at radius 2 is 1.65 bits per heavy atom. The number of hydrogen-bond donors (Lipinski definition) is 1. The van der Waals surface area contributed by atoms with Gasteiger partial charge in [0, 0.05) is 25.3 Å². The van der Waals surface area contributed by atoms with Gasteiger partial charge in [-0.15, -0.1) is 0 Å². The third-order valence-electron chi connectivity index (χ3n) is 3.06. The summed E-state index contributed by atoms with van der Waals surface area (Å²) in [7, 11) is 3.91. The number of carbonyl (C=O) groups is 1. The van der Waals surface area contributed by atoms with Crippen molar-refractivity contribution in [2.45, 2.75) is 6.92 Å². The highest BCUT2D eigenvalue weighted by Gasteiger charge is 2.14. The van der Waals surface area contributed by atoms with Crippen LogP contribution in [-0.4, -0.2) is 24.9 Å². The van der Waals surface area contributed by atoms with Crippen LogP contribution in [0.2, 0.25) is 0 Å². The van der Waals surface area contributed by atoms with Crippen molar-refractivity contribution in [3.63, 3.8) is 0 Å². The number of ketones is 1. The smallest absolute Gasteiger partial charge is 0.161 e. The first-order valence-electron chi connectivity index (χ1n) is 6.43. The molecule has 104 valence electrons. The van der Waals surface area contributed by atoms with Crippen molar-refractivity contribution in [1.29, 1.82) is 0 Å². The maximum Gasteiger partial charge on any atom is 0.161 e. The van der Waals surface area contributed by atoms with Crippen molar-refractivity contribution >= 4 is 22.8 Å². The highest BCUT2D eigenvalue weighted by molar-refractivity contribution is 6.00. The summed E-state index contributed by atoms with van der Waals surface area (Å²) < 4.78 is 0. The van der Waals surface area contributed by atoms with Gasteiger partial charge in [0.2, 0.25) is 0 Å². The topological polar surface area (TPSA) is 49.6 Å². The first kappa shape index (κ1) is 14.1. The summed E-state index contributed by atoms with van der Waals surface area (Å²) in [5.41, 5.74) is 8.83. The van der Waals surface area contributed by atoms with Crippen LogP contribution in [0.4, 0.5) is 17.1 Å². The van der Waals surface area contributed by atoms with Crippen LogP contribution >= 0.6 is 0 Å². The van der Waals surface area contributed by atoms with E-state index < -0.39 is 0 Å². The molecular weight excluding hydrogens is 250 g/mol. The fraction of sp³-hybridized carbons (Fsp3) is 0.188. The van der Waals surface area contributed by atoms with E-state index in [-0.39, 0.29) is 5.78 Å². The lowest BCUT2D eigenvalue weighted by molar-refractivity contribution is 0.101. The van der Waals surface area contributed by atoms with Crippen LogP contribution in [0.15, 0.2) is 48.5 Å². The van der Waals surface area contributed by atoms with Gasteiger partial charge in [-0.25, -0.2) is 5.01 Å². The molecule has 2 N–H and O–H groups in total. The molecule has 0 saturated carbocycles. The summed E-state index contributed by atoms with van der Waals surface area (Å²) in [5, 5.41) is 3.98. The summed E-state index contributed by atoms with van der Waals surface area (Å²) in [6, 6.07) is 15.5. The Labute approximate surface area is 119 Å². The van der Waals surface area contributed by atoms with Crippen LogP contribution in [-0.2, 0) is 0 Å². The van der Waals surface area contributed by atoms with Gasteiger partial charge in [0.25, 0.3) is 0 Å². The van der Waals surface area contributed by atoms with Crippen molar-refractivity contribution in [3.05, 3.63) is 54.1 Å². The van der Waals surface area contributed by atoms with E-state index in [2.05, 4.69) is 0 Å². The molecule has 4 heteroatoms. The maximum atomic E-state index is 11.6. The van der Waals surface area contributed by atoms with E-state index in [1.807, 2.05) is 66.6 Å². The van der Waals surface area contributed by atoms with Crippen LogP contribution in [0.25, 0.3) is 0 Å². The van der Waals surface area contributed by atoms with Gasteiger partial charge in [0.1, 0.15) is 0 Å². The van der Waals surface area contributed by atoms with E-state index in [0.29, 0.717) is 11.3 Å². The quantitative estimate of drug-likeness (QED) is 0.526. The molecule has 0 amide bonds. The predicted octanol–water partition coefficient (Wildman–Crippen LogP) is 3.09. The summed E-state index contributed by atoms with van der Waals surface area (Å²) in [6.07, 6.45) is 0. The molecule has 0 aliphatic rings. The summed E-state index contributed by atoms with van der Waals surface area (Å²) >= 11 is 0. The first-order valence-corrected chi connectivity index (χ1v) is 6.43. The molecule has 0 aliphatic heterocycles. The molecule has 2 aromatic carbocycles. The molecule has 0 heterocycles. The SMILES string of the molecule is CC(=O)c1cc(N(c2ccccc2)N(C)C)ccc1N. The third-order valence-corrected chi connectivity index (χ3v) is 3.06. The Hall–Kier alpha value is -2.33. The molecular formula is C16H19N3O. The number of para-hydroxylation sites is 1. The summed E-state index contributed by atoms with van der Waals surface area (Å²) in [5.74, 6) is -0.0314. The molecule has 0 aromatic heterocycles. The average Bonchev–Trinajstić information content (AvgIpc) is 2.41. The number of nitrogens with zero attached hydrogens (tertiary/aromatic N) is 2. The fourth-order valence-corrected chi connectivity index (χ4v) is 2.16. The van der Waals surface area contributed by atoms with E-state index in [0.717, 1.165) is 11.4 Å². The third kappa shape index (κ3) is 2.81. The molecule has 0 saturated heterocycles. The second kappa shape index (κ2) is 5.75. The highest BCUT2D eigenvalue weighted by Crippen LogP contribution is 2.28. The van der Waals surface area contributed by atoms with Gasteiger partial charge in [-0.3, -0.25) is 9.80 Å². The molecule has 2 rings (SSSR count). The molecule has 0 unspecified atom stereocenters. The van der Waals surface area contributed by atoms with Crippen molar-refractivity contribution in [2.24, 2.45) is 0 Å². The molecule has 0 atom stereocenters. The van der Waals surface area contributed by atoms with Gasteiger partial charge < -0.3 is 5.73 Å². The minimum absolute atomic E-state index is 0.0314. The molecule has 0 spiro atoms. The lowest BCUT2D eigenvalue weighted by atomic mass is 10.1. The second-order valence-corrected chi connectivity index (χ2v) is 4.82. The van der Waals surface area contributed by atoms with Crippen molar-refractivity contribution in [3.8, 4) is 0 Å². The fourth-order valence-electron chi connectivity index (χ4n) is 2.16. The Balaban J connectivity index is 2.51. The molecule has 0 aliphatic carbocycles. The van der Waals surface area contributed by atoms with E-state index in [1.54, 1.807) is 6.07 Å². The number of nitrogens with two attached hydrogens (primary N) is 1. The lowest BCUT2D eigenvalue weighted by Crippen LogP contribution is -2.32. The van der Waals surface area contributed by atoms with Crippen LogP contribution in [0, 0.1) is 0 Å². The minimum atomic E-state index is -0.0314. The number of nitrogen functional groups attached to an aromatic ring is 1. The van der Waals surface area contributed by atoms with Crippen LogP contribution in [0.1, 0.15) is 17.3 Å². The number of hydrogen-bond acceptors (Lipinski definition) is 4. The van der Waals surface area contributed by atoms with Crippen molar-refractivity contribution in [1.82, 2.24) is 5.01 Å². The van der Waals surface area contributed by atoms with Gasteiger partial charge in [-0.1, -0.05) is 18.2 Å². The van der Waals surface area contributed by atoms with Gasteiger partial charge >= 0.3 is 0 Å². The molecule has 4 nitrogen and oxygen atoms in total. The predicted molar refractivity (Wildman–Crippen MR) is 83.1 cm³/mol. The van der Waals surface area contributed by atoms with Crippen LogP contribution in [0.3, 0.4) is 0 Å². The summed E-state index contributed by atoms with van der Waals surface area (Å²) in [6.45, 7) is 1.53. The zero-order valence-corrected chi connectivity index (χ0v) is 12.0. The van der Waals surface area contributed by atoms with E-state index in [4.69, 9.17) is 5.73 Å². The number of anilines is 3. The van der Waals surface area contributed by atoms with Gasteiger partial charge in [0.05, 0.1) is 11.4 Å². The van der Waals surface area contributed by atoms with E-state index in [9.17, 15) is 4.79 Å². The number of Topliss-reactive ketones (excluding diaryl/α,β-unsaturated/α-hetero) is 1. The van der Waals surface area contributed by atoms with Gasteiger partial charge in [-0.2, -0.15) is 0 Å². The number of hydrazine groups is 1. The number of rotatable bonds is 4. The lowest BCUT2D eigenvalue weighted by Gasteiger charge is -2.31. The number of carbonyl (C=O) groups excluding carboxylic acids is 1. The summed E-state index contributed by atoms with van der Waals surface area (Å²) in [4.78, 5) is 11.6. The Kier molecular flexibility index (Phi) is 4.05. The maximum absolute atomic E-state index is 11.6. The first-order chi connectivity index (χ1) is 9.50. The molecule has 20 heavy (non-hydrogen) atoms. The molecule has 2 aromatic rings. The average molecular weight is 269 g/mol. The van der Waals surface area contributed by atoms with E-state index >= 15 is 0 Å². The van der Waals surface area contributed by atoms with Crippen molar-refractivity contribution < 1.29 is 4.79 Å². The minimum Gasteiger partial charge on any atom is -0.398 e. The molecule has 0 bridgehead atoms. The molecule has 0 radical (unpaired) electrons. The second-order valence-electron chi connectivity index (χ2n) is 4.82. The molecule has 0 fully saturated rings. The largest absolute Gasteiger partial charge is 0.398 e. The van der Waals surface area contributed by atoms with Crippen LogP contribution < -0.4 is 10.7 Å². The Morgan fingerprint density at radius 3 is 2.20 bits per heavy atom. The monoisotopic (exact) mass is 269 g/mol. The van der Waals surface area contributed by atoms with Crippen LogP contribution in [0.5, 0.6) is 0 Å². The van der Waals surface area contributed by atoms with E-state index in [1.165, 1.54) is 6.92 Å². The highest BCUT2D eigenvalue weighted by atomic mass is 16.1. The number of benzene rings is 2. The zero-order chi connectivity index (χ0) is 14.7.